The normalized spacial score (nSPS) is 37.7. The molecule has 1 aliphatic heterocycles. The largest absolute Gasteiger partial charge is 0.330 e. The monoisotopic (exact) mass is 266 g/mol. The minimum absolute atomic E-state index is 0.543. The van der Waals surface area contributed by atoms with Gasteiger partial charge in [-0.05, 0) is 62.8 Å². The van der Waals surface area contributed by atoms with Crippen molar-refractivity contribution in [1.29, 1.82) is 0 Å². The zero-order valence-electron chi connectivity index (χ0n) is 13.5. The van der Waals surface area contributed by atoms with E-state index in [0.29, 0.717) is 5.41 Å². The van der Waals surface area contributed by atoms with E-state index in [1.165, 1.54) is 45.1 Å². The fraction of sp³-hybridized carbons (Fsp3) is 1.00. The summed E-state index contributed by atoms with van der Waals surface area (Å²) >= 11 is 0. The van der Waals surface area contributed by atoms with Gasteiger partial charge in [0.2, 0.25) is 0 Å². The highest BCUT2D eigenvalue weighted by atomic mass is 15.2. The van der Waals surface area contributed by atoms with Crippen molar-refractivity contribution in [2.45, 2.75) is 78.3 Å². The molecule has 2 N–H and O–H groups in total. The Kier molecular flexibility index (Phi) is 4.94. The summed E-state index contributed by atoms with van der Waals surface area (Å²) in [6.45, 7) is 11.8. The van der Waals surface area contributed by atoms with E-state index in [0.717, 1.165) is 30.5 Å². The third kappa shape index (κ3) is 3.33. The van der Waals surface area contributed by atoms with Gasteiger partial charge in [-0.15, -0.1) is 0 Å². The second-order valence-corrected chi connectivity index (χ2v) is 7.73. The lowest BCUT2D eigenvalue weighted by atomic mass is 9.68. The lowest BCUT2D eigenvalue weighted by Crippen LogP contribution is -2.42. The maximum Gasteiger partial charge on any atom is 0.00984 e. The Labute approximate surface area is 120 Å². The highest BCUT2D eigenvalue weighted by Crippen LogP contribution is 2.42. The summed E-state index contributed by atoms with van der Waals surface area (Å²) in [5.41, 5.74) is 6.40. The van der Waals surface area contributed by atoms with Crippen LogP contribution in [-0.2, 0) is 0 Å². The standard InChI is InChI=1S/C17H34N2/c1-5-17(3,4)15-6-8-16(9-7-15)19-12-14(11-18)10-13(19)2/h13-16H,5-12,18H2,1-4H3. The van der Waals surface area contributed by atoms with E-state index >= 15 is 0 Å². The van der Waals surface area contributed by atoms with Gasteiger partial charge < -0.3 is 5.73 Å². The molecule has 0 aromatic heterocycles. The van der Waals surface area contributed by atoms with Gasteiger partial charge in [-0.25, -0.2) is 0 Å². The molecule has 2 aliphatic rings. The Hall–Kier alpha value is -0.0800. The average Bonchev–Trinajstić information content (AvgIpc) is 2.80. The van der Waals surface area contributed by atoms with Crippen molar-refractivity contribution >= 4 is 0 Å². The van der Waals surface area contributed by atoms with E-state index in [9.17, 15) is 0 Å². The Morgan fingerprint density at radius 3 is 2.26 bits per heavy atom. The first-order chi connectivity index (χ1) is 8.97. The molecule has 2 unspecified atom stereocenters. The zero-order valence-corrected chi connectivity index (χ0v) is 13.5. The molecule has 1 heterocycles. The highest BCUT2D eigenvalue weighted by molar-refractivity contribution is 4.91. The summed E-state index contributed by atoms with van der Waals surface area (Å²) in [7, 11) is 0. The van der Waals surface area contributed by atoms with Gasteiger partial charge in [0.1, 0.15) is 0 Å². The van der Waals surface area contributed by atoms with E-state index in [1.807, 2.05) is 0 Å². The molecular formula is C17H34N2. The molecule has 0 aromatic rings. The summed E-state index contributed by atoms with van der Waals surface area (Å²) in [6.07, 6.45) is 8.32. The van der Waals surface area contributed by atoms with Crippen LogP contribution < -0.4 is 5.73 Å². The number of hydrogen-bond donors (Lipinski definition) is 1. The second kappa shape index (κ2) is 6.13. The van der Waals surface area contributed by atoms with Crippen molar-refractivity contribution in [3.05, 3.63) is 0 Å². The molecule has 0 bridgehead atoms. The fourth-order valence-electron chi connectivity index (χ4n) is 4.33. The van der Waals surface area contributed by atoms with Gasteiger partial charge in [0.15, 0.2) is 0 Å². The fourth-order valence-corrected chi connectivity index (χ4v) is 4.33. The van der Waals surface area contributed by atoms with Crippen LogP contribution in [0.4, 0.5) is 0 Å². The van der Waals surface area contributed by atoms with E-state index in [4.69, 9.17) is 5.73 Å². The molecule has 0 aromatic carbocycles. The number of rotatable bonds is 4. The molecule has 2 atom stereocenters. The molecular weight excluding hydrogens is 232 g/mol. The number of nitrogens with zero attached hydrogens (tertiary/aromatic N) is 1. The molecule has 1 saturated carbocycles. The van der Waals surface area contributed by atoms with Gasteiger partial charge in [0, 0.05) is 18.6 Å². The van der Waals surface area contributed by atoms with E-state index in [2.05, 4.69) is 32.6 Å². The minimum Gasteiger partial charge on any atom is -0.330 e. The van der Waals surface area contributed by atoms with Crippen LogP contribution in [0, 0.1) is 17.3 Å². The molecule has 2 heteroatoms. The molecule has 2 rings (SSSR count). The summed E-state index contributed by atoms with van der Waals surface area (Å²) < 4.78 is 0. The highest BCUT2D eigenvalue weighted by Gasteiger charge is 2.37. The first-order valence-electron chi connectivity index (χ1n) is 8.43. The van der Waals surface area contributed by atoms with Gasteiger partial charge in [0.05, 0.1) is 0 Å². The molecule has 1 saturated heterocycles. The molecule has 1 aliphatic carbocycles. The molecule has 112 valence electrons. The Morgan fingerprint density at radius 1 is 1.16 bits per heavy atom. The Bertz CT molecular complexity index is 279. The van der Waals surface area contributed by atoms with Gasteiger partial charge in [-0.2, -0.15) is 0 Å². The lowest BCUT2D eigenvalue weighted by molar-refractivity contribution is 0.0808. The first kappa shape index (κ1) is 15.3. The average molecular weight is 266 g/mol. The van der Waals surface area contributed by atoms with Crippen molar-refractivity contribution in [1.82, 2.24) is 4.90 Å². The number of likely N-dealkylation sites (tertiary alicyclic amines) is 1. The number of nitrogens with two attached hydrogens (primary N) is 1. The molecule has 0 radical (unpaired) electrons. The molecule has 2 fully saturated rings. The Morgan fingerprint density at radius 2 is 1.79 bits per heavy atom. The van der Waals surface area contributed by atoms with E-state index in [1.54, 1.807) is 0 Å². The van der Waals surface area contributed by atoms with Gasteiger partial charge in [-0.1, -0.05) is 27.2 Å². The van der Waals surface area contributed by atoms with Gasteiger partial charge in [0.25, 0.3) is 0 Å². The van der Waals surface area contributed by atoms with E-state index in [-0.39, 0.29) is 0 Å². The lowest BCUT2D eigenvalue weighted by Gasteiger charge is -2.42. The van der Waals surface area contributed by atoms with Crippen molar-refractivity contribution in [2.24, 2.45) is 23.0 Å². The summed E-state index contributed by atoms with van der Waals surface area (Å²) in [5, 5.41) is 0. The van der Waals surface area contributed by atoms with Crippen LogP contribution in [0.25, 0.3) is 0 Å². The van der Waals surface area contributed by atoms with E-state index < -0.39 is 0 Å². The maximum atomic E-state index is 5.86. The SMILES string of the molecule is CCC(C)(C)C1CCC(N2CC(CN)CC2C)CC1. The third-order valence-electron chi connectivity index (χ3n) is 6.23. The predicted octanol–water partition coefficient (Wildman–Crippen LogP) is 3.65. The first-order valence-corrected chi connectivity index (χ1v) is 8.43. The van der Waals surface area contributed by atoms with Crippen LogP contribution >= 0.6 is 0 Å². The van der Waals surface area contributed by atoms with Crippen LogP contribution in [0.5, 0.6) is 0 Å². The second-order valence-electron chi connectivity index (χ2n) is 7.73. The summed E-state index contributed by atoms with van der Waals surface area (Å²) in [6, 6.07) is 1.60. The third-order valence-corrected chi connectivity index (χ3v) is 6.23. The van der Waals surface area contributed by atoms with Crippen LogP contribution in [0.2, 0.25) is 0 Å². The molecule has 2 nitrogen and oxygen atoms in total. The van der Waals surface area contributed by atoms with Crippen LogP contribution in [0.3, 0.4) is 0 Å². The van der Waals surface area contributed by atoms with Crippen molar-refractivity contribution < 1.29 is 0 Å². The van der Waals surface area contributed by atoms with Crippen LogP contribution in [0.15, 0.2) is 0 Å². The quantitative estimate of drug-likeness (QED) is 0.841. The smallest absolute Gasteiger partial charge is 0.00984 e. The van der Waals surface area contributed by atoms with Crippen molar-refractivity contribution in [3.63, 3.8) is 0 Å². The van der Waals surface area contributed by atoms with Gasteiger partial charge >= 0.3 is 0 Å². The zero-order chi connectivity index (χ0) is 14.0. The predicted molar refractivity (Wildman–Crippen MR) is 83.1 cm³/mol. The van der Waals surface area contributed by atoms with Gasteiger partial charge in [-0.3, -0.25) is 4.90 Å². The minimum atomic E-state index is 0.543. The topological polar surface area (TPSA) is 29.3 Å². The summed E-state index contributed by atoms with van der Waals surface area (Å²) in [4.78, 5) is 2.77. The summed E-state index contributed by atoms with van der Waals surface area (Å²) in [5.74, 6) is 1.69. The van der Waals surface area contributed by atoms with Crippen LogP contribution in [0.1, 0.15) is 66.2 Å². The van der Waals surface area contributed by atoms with Crippen LogP contribution in [-0.4, -0.2) is 30.1 Å². The molecule has 0 spiro atoms. The van der Waals surface area contributed by atoms with Crippen molar-refractivity contribution in [3.8, 4) is 0 Å². The van der Waals surface area contributed by atoms with Crippen molar-refractivity contribution in [2.75, 3.05) is 13.1 Å². The molecule has 0 amide bonds. The molecule has 19 heavy (non-hydrogen) atoms. The maximum absolute atomic E-state index is 5.86. The Balaban J connectivity index is 1.87. The number of hydrogen-bond acceptors (Lipinski definition) is 2.